The van der Waals surface area contributed by atoms with Crippen molar-refractivity contribution in [2.24, 2.45) is 0 Å². The van der Waals surface area contributed by atoms with Crippen LogP contribution < -0.4 is 4.74 Å². The molecule has 8 nitrogen and oxygen atoms in total. The fourth-order valence-corrected chi connectivity index (χ4v) is 7.21. The maximum absolute atomic E-state index is 12.1. The summed E-state index contributed by atoms with van der Waals surface area (Å²) in [5.41, 5.74) is 2.33. The quantitative estimate of drug-likeness (QED) is 0.106. The van der Waals surface area contributed by atoms with Gasteiger partial charge in [0.1, 0.15) is 17.2 Å². The van der Waals surface area contributed by atoms with E-state index in [2.05, 4.69) is 0 Å². The van der Waals surface area contributed by atoms with Gasteiger partial charge in [-0.15, -0.1) is 0 Å². The summed E-state index contributed by atoms with van der Waals surface area (Å²) in [5, 5.41) is 9.50. The minimum Gasteiger partial charge on any atom is -0.508 e. The topological polar surface area (TPSA) is 145 Å². The van der Waals surface area contributed by atoms with Crippen molar-refractivity contribution in [2.45, 2.75) is 67.6 Å². The molecule has 0 radical (unpaired) electrons. The van der Waals surface area contributed by atoms with Crippen LogP contribution in [0.2, 0.25) is 0 Å². The number of phenols is 1. The second-order valence-electron chi connectivity index (χ2n) is 12.4. The van der Waals surface area contributed by atoms with Gasteiger partial charge in [0, 0.05) is 20.8 Å². The number of ether oxygens (including phenoxy) is 1. The lowest BCUT2D eigenvalue weighted by molar-refractivity contribution is 0.368. The van der Waals surface area contributed by atoms with Gasteiger partial charge in [0.2, 0.25) is 0 Å². The number of hydrogen-bond donors (Lipinski definition) is 5. The molecule has 11 heteroatoms. The Morgan fingerprint density at radius 3 is 1.66 bits per heavy atom. The molecule has 0 aliphatic rings. The van der Waals surface area contributed by atoms with Gasteiger partial charge >= 0.3 is 15.2 Å². The molecule has 234 valence electrons. The van der Waals surface area contributed by atoms with Gasteiger partial charge in [-0.05, 0) is 82.3 Å². The van der Waals surface area contributed by atoms with Gasteiger partial charge in [0.05, 0.1) is 12.3 Å². The van der Waals surface area contributed by atoms with Crippen molar-refractivity contribution in [1.82, 2.24) is 0 Å². The van der Waals surface area contributed by atoms with Crippen LogP contribution in [-0.2, 0) is 32.3 Å². The summed E-state index contributed by atoms with van der Waals surface area (Å²) < 4.78 is 30.2. The van der Waals surface area contributed by atoms with Gasteiger partial charge < -0.3 is 29.4 Å². The summed E-state index contributed by atoms with van der Waals surface area (Å²) in [5.74, 6) is 1.01. The monoisotopic (exact) mass is 656 g/mol. The summed E-state index contributed by atoms with van der Waals surface area (Å²) in [6, 6.07) is 25.1. The third-order valence-corrected chi connectivity index (χ3v) is 9.81. The number of aromatic hydroxyl groups is 1. The lowest BCUT2D eigenvalue weighted by Gasteiger charge is -2.30. The molecule has 0 saturated carbocycles. The van der Waals surface area contributed by atoms with E-state index >= 15 is 0 Å². The highest BCUT2D eigenvalue weighted by molar-refractivity contribution is 7.99. The van der Waals surface area contributed by atoms with E-state index in [1.54, 1.807) is 36.4 Å². The summed E-state index contributed by atoms with van der Waals surface area (Å²) in [7, 11) is -8.79. The maximum atomic E-state index is 12.1. The van der Waals surface area contributed by atoms with Crippen LogP contribution in [0.3, 0.4) is 0 Å². The van der Waals surface area contributed by atoms with Crippen molar-refractivity contribution < 1.29 is 38.5 Å². The van der Waals surface area contributed by atoms with Crippen LogP contribution in [0.25, 0.3) is 0 Å². The fraction of sp³-hybridized carbons (Fsp3) is 0.273. The average molecular weight is 657 g/mol. The standard InChI is InChI=1S/C33H38O8P2S/c1-32(2,3)30-16-6-24(18-22(30)20-42(35,36)37)33(4,5)25-7-17-31(23(19-25)21-43(38,39)40)41-27-10-14-29(15-11-27)44-28-12-8-26(34)9-13-28/h6-19,34H,20-21H2,1-5H3,(H2,35,36,37)(H2,38,39,40). The second kappa shape index (κ2) is 12.9. The van der Waals surface area contributed by atoms with Gasteiger partial charge in [0.25, 0.3) is 0 Å². The third kappa shape index (κ3) is 9.09. The SMILES string of the molecule is CC(C)(C)c1ccc(C(C)(C)c2ccc(Oc3ccc(Sc4ccc(O)cc4)cc3)c(CP(=O)(O)O)c2)cc1CP(=O)(O)O. The molecule has 44 heavy (non-hydrogen) atoms. The van der Waals surface area contributed by atoms with Crippen LogP contribution in [-0.4, -0.2) is 24.7 Å². The summed E-state index contributed by atoms with van der Waals surface area (Å²) in [6.45, 7) is 9.90. The molecule has 0 aromatic heterocycles. The Labute approximate surface area is 262 Å². The van der Waals surface area contributed by atoms with Gasteiger partial charge in [0.15, 0.2) is 0 Å². The van der Waals surface area contributed by atoms with E-state index in [-0.39, 0.29) is 17.3 Å². The molecule has 0 bridgehead atoms. The largest absolute Gasteiger partial charge is 0.508 e. The molecule has 0 saturated heterocycles. The Hall–Kier alpha value is -2.87. The third-order valence-electron chi connectivity index (χ3n) is 7.29. The molecule has 0 atom stereocenters. The van der Waals surface area contributed by atoms with Crippen molar-refractivity contribution in [3.8, 4) is 17.2 Å². The Balaban J connectivity index is 1.66. The molecule has 4 rings (SSSR count). The molecular weight excluding hydrogens is 618 g/mol. The first-order valence-electron chi connectivity index (χ1n) is 13.9. The Kier molecular flexibility index (Phi) is 9.94. The molecule has 4 aromatic carbocycles. The van der Waals surface area contributed by atoms with Crippen molar-refractivity contribution in [2.75, 3.05) is 0 Å². The van der Waals surface area contributed by atoms with Crippen LogP contribution in [0.15, 0.2) is 94.7 Å². The summed E-state index contributed by atoms with van der Waals surface area (Å²) in [6.07, 6.45) is -0.903. The Morgan fingerprint density at radius 1 is 0.659 bits per heavy atom. The van der Waals surface area contributed by atoms with Crippen LogP contribution in [0.4, 0.5) is 0 Å². The normalized spacial score (nSPS) is 12.8. The molecule has 0 fully saturated rings. The number of benzene rings is 4. The molecule has 0 spiro atoms. The molecule has 0 aliphatic heterocycles. The van der Waals surface area contributed by atoms with Gasteiger partial charge in [-0.25, -0.2) is 0 Å². The van der Waals surface area contributed by atoms with E-state index in [1.165, 1.54) is 11.8 Å². The zero-order valence-corrected chi connectivity index (χ0v) is 27.9. The first-order chi connectivity index (χ1) is 20.3. The predicted octanol–water partition coefficient (Wildman–Crippen LogP) is 8.31. The molecule has 4 aromatic rings. The minimum atomic E-state index is -4.46. The van der Waals surface area contributed by atoms with E-state index in [4.69, 9.17) is 4.74 Å². The van der Waals surface area contributed by atoms with Gasteiger partial charge in [-0.1, -0.05) is 76.7 Å². The zero-order chi connectivity index (χ0) is 32.5. The minimum absolute atomic E-state index is 0.196. The lowest BCUT2D eigenvalue weighted by Crippen LogP contribution is -2.21. The Bertz CT molecular complexity index is 1720. The van der Waals surface area contributed by atoms with E-state index in [0.29, 0.717) is 22.6 Å². The highest BCUT2D eigenvalue weighted by Gasteiger charge is 2.30. The molecule has 0 amide bonds. The number of phenolic OH excluding ortho intramolecular Hbond substituents is 1. The number of rotatable bonds is 10. The predicted molar refractivity (Wildman–Crippen MR) is 174 cm³/mol. The summed E-state index contributed by atoms with van der Waals surface area (Å²) in [4.78, 5) is 41.2. The molecule has 0 unspecified atom stereocenters. The fourth-order valence-electron chi connectivity index (χ4n) is 5.00. The van der Waals surface area contributed by atoms with Crippen molar-refractivity contribution in [3.05, 3.63) is 113 Å². The second-order valence-corrected chi connectivity index (χ2v) is 16.8. The molecular formula is C33H38O8P2S. The van der Waals surface area contributed by atoms with E-state index in [0.717, 1.165) is 26.5 Å². The van der Waals surface area contributed by atoms with E-state index in [1.807, 2.05) is 83.1 Å². The van der Waals surface area contributed by atoms with Crippen LogP contribution >= 0.6 is 27.0 Å². The molecule has 0 heterocycles. The van der Waals surface area contributed by atoms with E-state index in [9.17, 15) is 33.8 Å². The van der Waals surface area contributed by atoms with Crippen molar-refractivity contribution in [1.29, 1.82) is 0 Å². The maximum Gasteiger partial charge on any atom is 0.330 e. The first kappa shape index (κ1) is 34.0. The van der Waals surface area contributed by atoms with E-state index < -0.39 is 26.8 Å². The molecule has 5 N–H and O–H groups in total. The number of hydrogen-bond acceptors (Lipinski definition) is 5. The highest BCUT2D eigenvalue weighted by Crippen LogP contribution is 2.46. The highest BCUT2D eigenvalue weighted by atomic mass is 32.2. The smallest absolute Gasteiger partial charge is 0.330 e. The zero-order valence-electron chi connectivity index (χ0n) is 25.3. The first-order valence-corrected chi connectivity index (χ1v) is 18.3. The average Bonchev–Trinajstić information content (AvgIpc) is 2.89. The summed E-state index contributed by atoms with van der Waals surface area (Å²) >= 11 is 1.52. The van der Waals surface area contributed by atoms with Crippen molar-refractivity contribution in [3.63, 3.8) is 0 Å². The van der Waals surface area contributed by atoms with Gasteiger partial charge in [-0.3, -0.25) is 9.13 Å². The van der Waals surface area contributed by atoms with Crippen LogP contribution in [0.5, 0.6) is 17.2 Å². The van der Waals surface area contributed by atoms with Crippen LogP contribution in [0.1, 0.15) is 62.4 Å². The van der Waals surface area contributed by atoms with Crippen molar-refractivity contribution >= 4 is 27.0 Å². The van der Waals surface area contributed by atoms with Gasteiger partial charge in [-0.2, -0.15) is 0 Å². The lowest BCUT2D eigenvalue weighted by atomic mass is 9.75. The Morgan fingerprint density at radius 2 is 1.14 bits per heavy atom. The van der Waals surface area contributed by atoms with Crippen LogP contribution in [0, 0.1) is 0 Å². The molecule has 0 aliphatic carbocycles.